The molecule has 0 bridgehead atoms. The van der Waals surface area contributed by atoms with E-state index in [0.717, 1.165) is 6.26 Å². The number of oxazole rings is 1. The van der Waals surface area contributed by atoms with Crippen LogP contribution in [0.3, 0.4) is 0 Å². The number of aliphatic hydroxyl groups excluding tert-OH is 1. The minimum absolute atomic E-state index is 0.00644. The summed E-state index contributed by atoms with van der Waals surface area (Å²) in [5.41, 5.74) is -0.195. The fourth-order valence-electron chi connectivity index (χ4n) is 0.646. The lowest BCUT2D eigenvalue weighted by molar-refractivity contribution is 0.0690. The van der Waals surface area contributed by atoms with E-state index in [2.05, 4.69) is 9.40 Å². The lowest BCUT2D eigenvalue weighted by atomic mass is 10.5. The van der Waals surface area contributed by atoms with Gasteiger partial charge in [-0.3, -0.25) is 0 Å². The molecule has 0 saturated carbocycles. The number of ether oxygens (including phenoxy) is 1. The Morgan fingerprint density at radius 1 is 1.69 bits per heavy atom. The summed E-state index contributed by atoms with van der Waals surface area (Å²) in [5.74, 6) is -1.17. The summed E-state index contributed by atoms with van der Waals surface area (Å²) in [6.07, 6.45) is 1.35. The highest BCUT2D eigenvalue weighted by atomic mass is 16.6. The average molecular weight is 187 g/mol. The summed E-state index contributed by atoms with van der Waals surface area (Å²) in [4.78, 5) is 13.8. The summed E-state index contributed by atoms with van der Waals surface area (Å²) in [6, 6.07) is 0. The Bertz CT molecular complexity index is 282. The van der Waals surface area contributed by atoms with Crippen molar-refractivity contribution in [3.05, 3.63) is 12.0 Å². The second-order valence-electron chi connectivity index (χ2n) is 2.23. The molecule has 6 heteroatoms. The van der Waals surface area contributed by atoms with Crippen LogP contribution in [0.5, 0.6) is 6.08 Å². The van der Waals surface area contributed by atoms with Gasteiger partial charge in [-0.2, -0.15) is 4.98 Å². The SMILES string of the molecule is O=C(O)c1coc(OCCCO)n1. The van der Waals surface area contributed by atoms with Crippen LogP contribution in [-0.4, -0.2) is 34.4 Å². The highest BCUT2D eigenvalue weighted by Crippen LogP contribution is 2.09. The van der Waals surface area contributed by atoms with E-state index in [4.69, 9.17) is 14.9 Å². The highest BCUT2D eigenvalue weighted by Gasteiger charge is 2.10. The molecule has 0 radical (unpaired) electrons. The van der Waals surface area contributed by atoms with Crippen molar-refractivity contribution in [1.82, 2.24) is 4.98 Å². The number of aromatic nitrogens is 1. The van der Waals surface area contributed by atoms with Crippen LogP contribution in [0.2, 0.25) is 0 Å². The monoisotopic (exact) mass is 187 g/mol. The maximum absolute atomic E-state index is 10.3. The average Bonchev–Trinajstić information content (AvgIpc) is 2.53. The third kappa shape index (κ3) is 2.75. The molecule has 0 unspecified atom stereocenters. The highest BCUT2D eigenvalue weighted by molar-refractivity contribution is 5.84. The topological polar surface area (TPSA) is 92.8 Å². The van der Waals surface area contributed by atoms with Crippen molar-refractivity contribution >= 4 is 5.97 Å². The van der Waals surface area contributed by atoms with Crippen molar-refractivity contribution in [2.45, 2.75) is 6.42 Å². The van der Waals surface area contributed by atoms with Crippen LogP contribution >= 0.6 is 0 Å². The van der Waals surface area contributed by atoms with Gasteiger partial charge in [0.05, 0.1) is 6.61 Å². The molecule has 0 atom stereocenters. The second-order valence-corrected chi connectivity index (χ2v) is 2.23. The molecular weight excluding hydrogens is 178 g/mol. The maximum atomic E-state index is 10.3. The lowest BCUT2D eigenvalue weighted by Gasteiger charge is -1.96. The number of aromatic carboxylic acids is 1. The quantitative estimate of drug-likeness (QED) is 0.636. The number of rotatable bonds is 5. The molecule has 0 aromatic carbocycles. The van der Waals surface area contributed by atoms with Gasteiger partial charge in [0.2, 0.25) is 0 Å². The Morgan fingerprint density at radius 2 is 2.46 bits per heavy atom. The molecule has 0 saturated heterocycles. The van der Waals surface area contributed by atoms with E-state index in [1.807, 2.05) is 0 Å². The summed E-state index contributed by atoms with van der Waals surface area (Å²) < 4.78 is 9.55. The Morgan fingerprint density at radius 3 is 3.00 bits per heavy atom. The normalized spacial score (nSPS) is 9.92. The van der Waals surface area contributed by atoms with Gasteiger partial charge in [-0.05, 0) is 0 Å². The molecule has 0 amide bonds. The third-order valence-corrected chi connectivity index (χ3v) is 1.23. The first-order chi connectivity index (χ1) is 6.24. The molecule has 1 heterocycles. The summed E-state index contributed by atoms with van der Waals surface area (Å²) in [5, 5.41) is 16.9. The maximum Gasteiger partial charge on any atom is 0.394 e. The molecule has 0 aliphatic rings. The van der Waals surface area contributed by atoms with E-state index in [9.17, 15) is 4.79 Å². The van der Waals surface area contributed by atoms with Gasteiger partial charge in [-0.15, -0.1) is 0 Å². The van der Waals surface area contributed by atoms with Gasteiger partial charge in [-0.25, -0.2) is 4.79 Å². The molecule has 72 valence electrons. The van der Waals surface area contributed by atoms with Crippen LogP contribution in [0.25, 0.3) is 0 Å². The fourth-order valence-corrected chi connectivity index (χ4v) is 0.646. The molecular formula is C7H9NO5. The van der Waals surface area contributed by atoms with Crippen molar-refractivity contribution in [1.29, 1.82) is 0 Å². The van der Waals surface area contributed by atoms with E-state index >= 15 is 0 Å². The molecule has 1 rings (SSSR count). The van der Waals surface area contributed by atoms with Crippen molar-refractivity contribution < 1.29 is 24.2 Å². The van der Waals surface area contributed by atoms with Crippen LogP contribution in [0.1, 0.15) is 16.9 Å². The Balaban J connectivity index is 2.44. The smallest absolute Gasteiger partial charge is 0.394 e. The second kappa shape index (κ2) is 4.46. The minimum atomic E-state index is -1.17. The van der Waals surface area contributed by atoms with E-state index < -0.39 is 5.97 Å². The number of hydrogen-bond donors (Lipinski definition) is 2. The van der Waals surface area contributed by atoms with Crippen LogP contribution in [-0.2, 0) is 0 Å². The first kappa shape index (κ1) is 9.53. The van der Waals surface area contributed by atoms with Gasteiger partial charge >= 0.3 is 12.0 Å². The van der Waals surface area contributed by atoms with Crippen molar-refractivity contribution in [2.75, 3.05) is 13.2 Å². The van der Waals surface area contributed by atoms with E-state index in [-0.39, 0.29) is 25.0 Å². The first-order valence-corrected chi connectivity index (χ1v) is 3.66. The molecule has 0 fully saturated rings. The molecule has 2 N–H and O–H groups in total. The molecule has 13 heavy (non-hydrogen) atoms. The van der Waals surface area contributed by atoms with Gasteiger partial charge in [0.25, 0.3) is 0 Å². The third-order valence-electron chi connectivity index (χ3n) is 1.23. The number of carboxylic acid groups (broad SMARTS) is 1. The first-order valence-electron chi connectivity index (χ1n) is 3.66. The van der Waals surface area contributed by atoms with Crippen LogP contribution in [0.4, 0.5) is 0 Å². The van der Waals surface area contributed by atoms with Gasteiger partial charge in [0.1, 0.15) is 6.26 Å². The number of aliphatic hydroxyl groups is 1. The number of carboxylic acids is 1. The Labute approximate surface area is 73.8 Å². The van der Waals surface area contributed by atoms with Crippen LogP contribution in [0, 0.1) is 0 Å². The van der Waals surface area contributed by atoms with E-state index in [1.54, 1.807) is 0 Å². The van der Waals surface area contributed by atoms with Gasteiger partial charge in [-0.1, -0.05) is 0 Å². The standard InChI is InChI=1S/C7H9NO5/c9-2-1-3-12-7-8-5(4-13-7)6(10)11/h4,9H,1-3H2,(H,10,11). The van der Waals surface area contributed by atoms with Crippen LogP contribution < -0.4 is 4.74 Å². The summed E-state index contributed by atoms with van der Waals surface area (Å²) in [6.45, 7) is 0.253. The van der Waals surface area contributed by atoms with Gasteiger partial charge < -0.3 is 19.4 Å². The Hall–Kier alpha value is -1.56. The number of nitrogens with zero attached hydrogens (tertiary/aromatic N) is 1. The fraction of sp³-hybridized carbons (Fsp3) is 0.429. The van der Waals surface area contributed by atoms with E-state index in [0.29, 0.717) is 6.42 Å². The predicted molar refractivity (Wildman–Crippen MR) is 40.7 cm³/mol. The van der Waals surface area contributed by atoms with Gasteiger partial charge in [0, 0.05) is 13.0 Å². The minimum Gasteiger partial charge on any atom is -0.476 e. The lowest BCUT2D eigenvalue weighted by Crippen LogP contribution is -2.01. The van der Waals surface area contributed by atoms with E-state index in [1.165, 1.54) is 0 Å². The Kier molecular flexibility index (Phi) is 3.27. The molecule has 0 aliphatic heterocycles. The zero-order chi connectivity index (χ0) is 9.68. The molecule has 1 aromatic heterocycles. The number of carbonyl (C=O) groups is 1. The van der Waals surface area contributed by atoms with Crippen molar-refractivity contribution in [2.24, 2.45) is 0 Å². The zero-order valence-electron chi connectivity index (χ0n) is 6.77. The van der Waals surface area contributed by atoms with Crippen LogP contribution in [0.15, 0.2) is 10.7 Å². The van der Waals surface area contributed by atoms with Gasteiger partial charge in [0.15, 0.2) is 5.69 Å². The predicted octanol–water partition coefficient (Wildman–Crippen LogP) is 0.134. The van der Waals surface area contributed by atoms with Crippen molar-refractivity contribution in [3.63, 3.8) is 0 Å². The number of hydrogen-bond acceptors (Lipinski definition) is 5. The molecule has 0 aliphatic carbocycles. The van der Waals surface area contributed by atoms with Crippen molar-refractivity contribution in [3.8, 4) is 6.08 Å². The largest absolute Gasteiger partial charge is 0.476 e. The molecule has 0 spiro atoms. The molecule has 6 nitrogen and oxygen atoms in total. The summed E-state index contributed by atoms with van der Waals surface area (Å²) in [7, 11) is 0. The molecule has 1 aromatic rings. The zero-order valence-corrected chi connectivity index (χ0v) is 6.77. The summed E-state index contributed by atoms with van der Waals surface area (Å²) >= 11 is 0.